The summed E-state index contributed by atoms with van der Waals surface area (Å²) in [6, 6.07) is 16.4. The predicted molar refractivity (Wildman–Crippen MR) is 79.1 cm³/mol. The van der Waals surface area contributed by atoms with Crippen LogP contribution in [0.1, 0.15) is 15.9 Å². The first-order valence-electron chi connectivity index (χ1n) is 6.15. The van der Waals surface area contributed by atoms with E-state index in [1.54, 1.807) is 19.2 Å². The molecule has 0 bridgehead atoms. The zero-order chi connectivity index (χ0) is 14.4. The van der Waals surface area contributed by atoms with Crippen LogP contribution in [0.2, 0.25) is 0 Å². The van der Waals surface area contributed by atoms with E-state index >= 15 is 0 Å². The number of amides is 1. The monoisotopic (exact) mass is 268 g/mol. The molecule has 0 aliphatic carbocycles. The lowest BCUT2D eigenvalue weighted by molar-refractivity contribution is 0.0942. The first-order valence-corrected chi connectivity index (χ1v) is 6.15. The number of hydrazine groups is 1. The van der Waals surface area contributed by atoms with Crippen molar-refractivity contribution in [3.8, 4) is 5.75 Å². The molecule has 0 radical (unpaired) electrons. The lowest BCUT2D eigenvalue weighted by atomic mass is 10.2. The fourth-order valence-electron chi connectivity index (χ4n) is 1.68. The molecule has 2 N–H and O–H groups in total. The summed E-state index contributed by atoms with van der Waals surface area (Å²) in [7, 11) is 1.60. The van der Waals surface area contributed by atoms with Crippen molar-refractivity contribution in [1.82, 2.24) is 10.9 Å². The van der Waals surface area contributed by atoms with Crippen LogP contribution in [-0.4, -0.2) is 13.0 Å². The highest BCUT2D eigenvalue weighted by Crippen LogP contribution is 2.16. The second-order valence-electron chi connectivity index (χ2n) is 4.16. The summed E-state index contributed by atoms with van der Waals surface area (Å²) < 4.78 is 5.14. The maximum Gasteiger partial charge on any atom is 0.269 e. The van der Waals surface area contributed by atoms with Crippen LogP contribution in [0.4, 0.5) is 0 Å². The molecule has 0 unspecified atom stereocenters. The third-order valence-corrected chi connectivity index (χ3v) is 2.78. The molecule has 0 heterocycles. The molecule has 0 spiro atoms. The predicted octanol–water partition coefficient (Wildman–Crippen LogP) is 2.60. The Morgan fingerprint density at radius 1 is 1.00 bits per heavy atom. The minimum atomic E-state index is -0.213. The molecule has 0 aromatic heterocycles. The van der Waals surface area contributed by atoms with Crippen LogP contribution >= 0.6 is 0 Å². The number of hydrogen-bond acceptors (Lipinski definition) is 3. The summed E-state index contributed by atoms with van der Waals surface area (Å²) in [5.41, 5.74) is 7.42. The van der Waals surface area contributed by atoms with Gasteiger partial charge < -0.3 is 4.74 Å². The maximum absolute atomic E-state index is 11.9. The molecule has 2 aromatic rings. The number of carbonyl (C=O) groups is 1. The summed E-state index contributed by atoms with van der Waals surface area (Å²) in [4.78, 5) is 11.9. The Bertz CT molecular complexity index is 609. The van der Waals surface area contributed by atoms with E-state index in [-0.39, 0.29) is 5.91 Å². The van der Waals surface area contributed by atoms with E-state index in [2.05, 4.69) is 17.4 Å². The van der Waals surface area contributed by atoms with Gasteiger partial charge in [0.2, 0.25) is 0 Å². The minimum Gasteiger partial charge on any atom is -0.497 e. The lowest BCUT2D eigenvalue weighted by Gasteiger charge is -2.12. The Kier molecular flexibility index (Phi) is 4.39. The number of methoxy groups -OCH3 is 1. The Morgan fingerprint density at radius 2 is 1.70 bits per heavy atom. The highest BCUT2D eigenvalue weighted by Gasteiger charge is 2.05. The largest absolute Gasteiger partial charge is 0.497 e. The van der Waals surface area contributed by atoms with E-state index < -0.39 is 0 Å². The van der Waals surface area contributed by atoms with E-state index in [0.717, 1.165) is 11.3 Å². The zero-order valence-electron chi connectivity index (χ0n) is 11.2. The van der Waals surface area contributed by atoms with E-state index in [4.69, 9.17) is 4.74 Å². The Labute approximate surface area is 118 Å². The molecule has 0 saturated heterocycles. The molecule has 4 nitrogen and oxygen atoms in total. The van der Waals surface area contributed by atoms with Crippen LogP contribution in [0.5, 0.6) is 5.75 Å². The summed E-state index contributed by atoms with van der Waals surface area (Å²) in [6.07, 6.45) is 0. The van der Waals surface area contributed by atoms with E-state index in [0.29, 0.717) is 11.3 Å². The third kappa shape index (κ3) is 3.38. The summed E-state index contributed by atoms with van der Waals surface area (Å²) >= 11 is 0. The molecule has 0 aliphatic heterocycles. The second-order valence-corrected chi connectivity index (χ2v) is 4.16. The Balaban J connectivity index is 1.97. The molecular weight excluding hydrogens is 252 g/mol. The van der Waals surface area contributed by atoms with E-state index in [1.807, 2.05) is 42.5 Å². The fourth-order valence-corrected chi connectivity index (χ4v) is 1.68. The summed E-state index contributed by atoms with van der Waals surface area (Å²) in [6.45, 7) is 3.88. The minimum absolute atomic E-state index is 0.213. The van der Waals surface area contributed by atoms with Gasteiger partial charge in [0.1, 0.15) is 5.75 Å². The van der Waals surface area contributed by atoms with Crippen molar-refractivity contribution in [2.75, 3.05) is 7.11 Å². The number of ether oxygens (including phenoxy) is 1. The molecule has 0 aliphatic rings. The molecule has 0 atom stereocenters. The van der Waals surface area contributed by atoms with Gasteiger partial charge in [0, 0.05) is 11.1 Å². The molecule has 2 aromatic carbocycles. The number of rotatable bonds is 5. The van der Waals surface area contributed by atoms with Crippen molar-refractivity contribution < 1.29 is 9.53 Å². The van der Waals surface area contributed by atoms with Crippen LogP contribution in [0.15, 0.2) is 61.2 Å². The molecule has 4 heteroatoms. The standard InChI is InChI=1S/C16H16N2O2/c1-12(14-9-6-10-15(11-14)20-2)17-18-16(19)13-7-4-3-5-8-13/h3-11,17H,1H2,2H3,(H,18,19). The summed E-state index contributed by atoms with van der Waals surface area (Å²) in [5.74, 6) is 0.523. The number of nitrogens with one attached hydrogen (secondary N) is 2. The molecule has 1 amide bonds. The smallest absolute Gasteiger partial charge is 0.269 e. The first kappa shape index (κ1) is 13.7. The zero-order valence-corrected chi connectivity index (χ0v) is 11.2. The second kappa shape index (κ2) is 6.43. The van der Waals surface area contributed by atoms with Crippen LogP contribution in [0.3, 0.4) is 0 Å². The van der Waals surface area contributed by atoms with Gasteiger partial charge in [-0.2, -0.15) is 0 Å². The van der Waals surface area contributed by atoms with E-state index in [1.165, 1.54) is 0 Å². The Morgan fingerprint density at radius 3 is 2.40 bits per heavy atom. The third-order valence-electron chi connectivity index (χ3n) is 2.78. The number of benzene rings is 2. The van der Waals surface area contributed by atoms with Crippen molar-refractivity contribution in [3.05, 3.63) is 72.3 Å². The van der Waals surface area contributed by atoms with Crippen molar-refractivity contribution in [2.24, 2.45) is 0 Å². The Hall–Kier alpha value is -2.75. The van der Waals surface area contributed by atoms with Crippen molar-refractivity contribution >= 4 is 11.6 Å². The van der Waals surface area contributed by atoms with Crippen molar-refractivity contribution in [3.63, 3.8) is 0 Å². The van der Waals surface area contributed by atoms with Gasteiger partial charge in [0.15, 0.2) is 0 Å². The van der Waals surface area contributed by atoms with Gasteiger partial charge in [-0.05, 0) is 24.3 Å². The van der Waals surface area contributed by atoms with Crippen molar-refractivity contribution in [1.29, 1.82) is 0 Å². The van der Waals surface area contributed by atoms with E-state index in [9.17, 15) is 4.79 Å². The van der Waals surface area contributed by atoms with Gasteiger partial charge in [0.05, 0.1) is 12.8 Å². The van der Waals surface area contributed by atoms with Gasteiger partial charge in [-0.25, -0.2) is 0 Å². The SMILES string of the molecule is C=C(NNC(=O)c1ccccc1)c1cccc(OC)c1. The number of carbonyl (C=O) groups excluding carboxylic acids is 1. The van der Waals surface area contributed by atoms with Crippen LogP contribution < -0.4 is 15.6 Å². The average molecular weight is 268 g/mol. The highest BCUT2D eigenvalue weighted by atomic mass is 16.5. The molecule has 0 fully saturated rings. The molecule has 0 saturated carbocycles. The summed E-state index contributed by atoms with van der Waals surface area (Å²) in [5, 5.41) is 0. The molecule has 20 heavy (non-hydrogen) atoms. The molecular formula is C16H16N2O2. The van der Waals surface area contributed by atoms with Gasteiger partial charge >= 0.3 is 0 Å². The van der Waals surface area contributed by atoms with Gasteiger partial charge in [-0.15, -0.1) is 0 Å². The molecule has 2 rings (SSSR count). The average Bonchev–Trinajstić information content (AvgIpc) is 2.53. The fraction of sp³-hybridized carbons (Fsp3) is 0.0625. The number of hydrogen-bond donors (Lipinski definition) is 2. The molecule has 102 valence electrons. The van der Waals surface area contributed by atoms with Gasteiger partial charge in [0.25, 0.3) is 5.91 Å². The lowest BCUT2D eigenvalue weighted by Crippen LogP contribution is -2.35. The van der Waals surface area contributed by atoms with Gasteiger partial charge in [-0.3, -0.25) is 15.6 Å². The van der Waals surface area contributed by atoms with Crippen LogP contribution in [0.25, 0.3) is 5.70 Å². The normalized spacial score (nSPS) is 9.65. The quantitative estimate of drug-likeness (QED) is 0.819. The topological polar surface area (TPSA) is 50.4 Å². The first-order chi connectivity index (χ1) is 9.70. The van der Waals surface area contributed by atoms with Gasteiger partial charge in [-0.1, -0.05) is 36.9 Å². The maximum atomic E-state index is 11.9. The van der Waals surface area contributed by atoms with Crippen molar-refractivity contribution in [2.45, 2.75) is 0 Å². The highest BCUT2D eigenvalue weighted by molar-refractivity contribution is 5.94. The van der Waals surface area contributed by atoms with Crippen LogP contribution in [0, 0.1) is 0 Å². The van der Waals surface area contributed by atoms with Crippen LogP contribution in [-0.2, 0) is 0 Å².